The highest BCUT2D eigenvalue weighted by Crippen LogP contribution is 2.36. The molecule has 1 aliphatic rings. The van der Waals surface area contributed by atoms with Gasteiger partial charge in [0.25, 0.3) is 0 Å². The van der Waals surface area contributed by atoms with Gasteiger partial charge >= 0.3 is 0 Å². The van der Waals surface area contributed by atoms with Crippen LogP contribution in [0.25, 0.3) is 0 Å². The minimum absolute atomic E-state index is 0.00132. The maximum absolute atomic E-state index is 13.9. The molecule has 2 rings (SSSR count). The van der Waals surface area contributed by atoms with Gasteiger partial charge in [-0.2, -0.15) is 4.39 Å². The average Bonchev–Trinajstić information content (AvgIpc) is 2.37. The zero-order valence-electron chi connectivity index (χ0n) is 10.5. The number of aliphatic hydroxyl groups excluding tert-OH is 1. The topological polar surface area (TPSA) is 29.5 Å². The Morgan fingerprint density at radius 2 is 1.83 bits per heavy atom. The van der Waals surface area contributed by atoms with Crippen LogP contribution >= 0.6 is 0 Å². The highest BCUT2D eigenvalue weighted by atomic mass is 19.2. The molecule has 1 aromatic carbocycles. The highest BCUT2D eigenvalue weighted by Gasteiger charge is 2.25. The van der Waals surface area contributed by atoms with Crippen LogP contribution in [0, 0.1) is 11.6 Å². The van der Waals surface area contributed by atoms with Gasteiger partial charge < -0.3 is 9.84 Å². The third-order valence-electron chi connectivity index (χ3n) is 3.51. The van der Waals surface area contributed by atoms with E-state index >= 15 is 0 Å². The number of aliphatic hydroxyl groups is 1. The largest absolute Gasteiger partial charge is 0.491 e. The molecule has 0 spiro atoms. The van der Waals surface area contributed by atoms with Crippen LogP contribution in [-0.2, 0) is 0 Å². The average molecular weight is 256 g/mol. The van der Waals surface area contributed by atoms with Gasteiger partial charge in [-0.25, -0.2) is 4.39 Å². The van der Waals surface area contributed by atoms with Crippen LogP contribution in [0.2, 0.25) is 0 Å². The van der Waals surface area contributed by atoms with Crippen molar-refractivity contribution >= 4 is 0 Å². The van der Waals surface area contributed by atoms with Gasteiger partial charge in [0.05, 0.1) is 12.7 Å². The van der Waals surface area contributed by atoms with Crippen molar-refractivity contribution in [3.05, 3.63) is 29.3 Å². The Labute approximate surface area is 106 Å². The standard InChI is InChI=1S/C14H18F2O2/c1-2-18-12-8-7-11(13(15)14(12)16)9-3-5-10(17)6-4-9/h7-10,17H,2-6H2,1H3. The maximum Gasteiger partial charge on any atom is 0.200 e. The molecule has 0 heterocycles. The summed E-state index contributed by atoms with van der Waals surface area (Å²) in [7, 11) is 0. The SMILES string of the molecule is CCOc1ccc(C2CCC(O)CC2)c(F)c1F. The van der Waals surface area contributed by atoms with E-state index in [1.165, 1.54) is 6.07 Å². The molecule has 0 aromatic heterocycles. The Morgan fingerprint density at radius 1 is 1.17 bits per heavy atom. The van der Waals surface area contributed by atoms with E-state index in [0.717, 1.165) is 0 Å². The molecule has 100 valence electrons. The van der Waals surface area contributed by atoms with Gasteiger partial charge in [-0.15, -0.1) is 0 Å². The fraction of sp³-hybridized carbons (Fsp3) is 0.571. The summed E-state index contributed by atoms with van der Waals surface area (Å²) in [6.07, 6.45) is 2.41. The molecule has 18 heavy (non-hydrogen) atoms. The van der Waals surface area contributed by atoms with E-state index in [-0.39, 0.29) is 17.8 Å². The molecule has 1 aliphatic carbocycles. The number of rotatable bonds is 3. The van der Waals surface area contributed by atoms with Crippen LogP contribution in [0.15, 0.2) is 12.1 Å². The Balaban J connectivity index is 2.21. The van der Waals surface area contributed by atoms with Crippen molar-refractivity contribution in [2.75, 3.05) is 6.61 Å². The van der Waals surface area contributed by atoms with Crippen LogP contribution in [0.3, 0.4) is 0 Å². The molecule has 0 saturated heterocycles. The first kappa shape index (κ1) is 13.3. The molecule has 1 N–H and O–H groups in total. The summed E-state index contributed by atoms with van der Waals surface area (Å²) < 4.78 is 32.7. The smallest absolute Gasteiger partial charge is 0.200 e. The summed E-state index contributed by atoms with van der Waals surface area (Å²) in [5, 5.41) is 9.42. The molecule has 0 amide bonds. The van der Waals surface area contributed by atoms with E-state index in [1.54, 1.807) is 13.0 Å². The zero-order chi connectivity index (χ0) is 13.1. The van der Waals surface area contributed by atoms with Crippen molar-refractivity contribution in [3.8, 4) is 5.75 Å². The Kier molecular flexibility index (Phi) is 4.17. The molecule has 0 unspecified atom stereocenters. The summed E-state index contributed by atoms with van der Waals surface area (Å²) in [6.45, 7) is 2.04. The molecule has 0 atom stereocenters. The second-order valence-corrected chi connectivity index (χ2v) is 4.72. The second kappa shape index (κ2) is 5.65. The first-order valence-electron chi connectivity index (χ1n) is 6.42. The summed E-state index contributed by atoms with van der Waals surface area (Å²) >= 11 is 0. The molecule has 2 nitrogen and oxygen atoms in total. The fourth-order valence-corrected chi connectivity index (χ4v) is 2.52. The zero-order valence-corrected chi connectivity index (χ0v) is 10.5. The quantitative estimate of drug-likeness (QED) is 0.898. The summed E-state index contributed by atoms with van der Waals surface area (Å²) in [4.78, 5) is 0. The Bertz CT molecular complexity index is 413. The van der Waals surface area contributed by atoms with Crippen molar-refractivity contribution in [2.45, 2.75) is 44.6 Å². The molecule has 1 fully saturated rings. The summed E-state index contributed by atoms with van der Waals surface area (Å²) in [6, 6.07) is 3.09. The predicted octanol–water partition coefficient (Wildman–Crippen LogP) is 3.38. The van der Waals surface area contributed by atoms with Crippen molar-refractivity contribution in [2.24, 2.45) is 0 Å². The van der Waals surface area contributed by atoms with Crippen LogP contribution in [0.1, 0.15) is 44.1 Å². The minimum Gasteiger partial charge on any atom is -0.491 e. The predicted molar refractivity (Wildman–Crippen MR) is 64.7 cm³/mol. The Hall–Kier alpha value is -1.16. The normalized spacial score (nSPS) is 24.0. The molecule has 1 saturated carbocycles. The van der Waals surface area contributed by atoms with Crippen molar-refractivity contribution in [1.29, 1.82) is 0 Å². The van der Waals surface area contributed by atoms with Gasteiger partial charge in [0.1, 0.15) is 0 Å². The number of benzene rings is 1. The van der Waals surface area contributed by atoms with E-state index in [4.69, 9.17) is 4.74 Å². The van der Waals surface area contributed by atoms with Gasteiger partial charge in [-0.1, -0.05) is 6.07 Å². The van der Waals surface area contributed by atoms with Crippen molar-refractivity contribution in [1.82, 2.24) is 0 Å². The summed E-state index contributed by atoms with van der Waals surface area (Å²) in [5.74, 6) is -1.74. The van der Waals surface area contributed by atoms with E-state index in [0.29, 0.717) is 37.9 Å². The van der Waals surface area contributed by atoms with Crippen molar-refractivity contribution in [3.63, 3.8) is 0 Å². The molecular formula is C14H18F2O2. The number of hydrogen-bond acceptors (Lipinski definition) is 2. The molecular weight excluding hydrogens is 238 g/mol. The van der Waals surface area contributed by atoms with Gasteiger partial charge in [0, 0.05) is 0 Å². The lowest BCUT2D eigenvalue weighted by Gasteiger charge is -2.26. The van der Waals surface area contributed by atoms with E-state index in [2.05, 4.69) is 0 Å². The number of hydrogen-bond donors (Lipinski definition) is 1. The lowest BCUT2D eigenvalue weighted by atomic mass is 9.82. The van der Waals surface area contributed by atoms with Gasteiger partial charge in [0.15, 0.2) is 11.6 Å². The second-order valence-electron chi connectivity index (χ2n) is 4.72. The lowest BCUT2D eigenvalue weighted by molar-refractivity contribution is 0.122. The van der Waals surface area contributed by atoms with E-state index in [9.17, 15) is 13.9 Å². The third-order valence-corrected chi connectivity index (χ3v) is 3.51. The van der Waals surface area contributed by atoms with E-state index in [1.807, 2.05) is 0 Å². The van der Waals surface area contributed by atoms with Crippen LogP contribution in [0.5, 0.6) is 5.75 Å². The molecule has 0 radical (unpaired) electrons. The molecule has 4 heteroatoms. The third kappa shape index (κ3) is 2.64. The van der Waals surface area contributed by atoms with Crippen LogP contribution in [-0.4, -0.2) is 17.8 Å². The van der Waals surface area contributed by atoms with Gasteiger partial charge in [0.2, 0.25) is 5.82 Å². The van der Waals surface area contributed by atoms with Crippen LogP contribution < -0.4 is 4.74 Å². The fourth-order valence-electron chi connectivity index (χ4n) is 2.52. The van der Waals surface area contributed by atoms with Gasteiger partial charge in [-0.05, 0) is 50.2 Å². The maximum atomic E-state index is 13.9. The summed E-state index contributed by atoms with van der Waals surface area (Å²) in [5.41, 5.74) is 0.405. The molecule has 1 aromatic rings. The van der Waals surface area contributed by atoms with Crippen LogP contribution in [0.4, 0.5) is 8.78 Å². The van der Waals surface area contributed by atoms with Gasteiger partial charge in [-0.3, -0.25) is 0 Å². The first-order chi connectivity index (χ1) is 8.63. The minimum atomic E-state index is -0.902. The monoisotopic (exact) mass is 256 g/mol. The molecule has 0 bridgehead atoms. The Morgan fingerprint density at radius 3 is 2.44 bits per heavy atom. The number of halogens is 2. The lowest BCUT2D eigenvalue weighted by Crippen LogP contribution is -2.18. The first-order valence-corrected chi connectivity index (χ1v) is 6.42. The van der Waals surface area contributed by atoms with Crippen molar-refractivity contribution < 1.29 is 18.6 Å². The molecule has 0 aliphatic heterocycles. The van der Waals surface area contributed by atoms with E-state index < -0.39 is 11.6 Å². The number of ether oxygens (including phenoxy) is 1. The highest BCUT2D eigenvalue weighted by molar-refractivity contribution is 5.33.